The number of hydrogen-bond acceptors (Lipinski definition) is 8. The average Bonchev–Trinajstić information content (AvgIpc) is 3.74. The molecule has 0 saturated carbocycles. The Labute approximate surface area is 255 Å². The lowest BCUT2D eigenvalue weighted by Gasteiger charge is -2.16. The number of likely N-dealkylation sites (tertiary alicyclic amines) is 1. The van der Waals surface area contributed by atoms with Crippen LogP contribution in [0.3, 0.4) is 0 Å². The Bertz CT molecular complexity index is 1330. The van der Waals surface area contributed by atoms with E-state index in [9.17, 15) is 9.59 Å². The summed E-state index contributed by atoms with van der Waals surface area (Å²) in [5.41, 5.74) is 4.90. The highest BCUT2D eigenvalue weighted by Crippen LogP contribution is 2.24. The number of carbonyl (C=O) groups excluding carboxylic acids is 2. The summed E-state index contributed by atoms with van der Waals surface area (Å²) in [5, 5.41) is 7.43. The SMILES string of the molecule is C/C=C(\C=O)NCC1=CCC(c2ccccc2)=N1.C=C1CCC(C=O)N1C.CCC.CNCc1cc2cnccc2s1. The van der Waals surface area contributed by atoms with E-state index in [4.69, 9.17) is 0 Å². The van der Waals surface area contributed by atoms with Crippen LogP contribution in [-0.4, -0.2) is 54.8 Å². The smallest absolute Gasteiger partial charge is 0.165 e. The van der Waals surface area contributed by atoms with Gasteiger partial charge >= 0.3 is 0 Å². The van der Waals surface area contributed by atoms with Crippen LogP contribution in [0, 0.1) is 0 Å². The zero-order valence-electron chi connectivity index (χ0n) is 25.6. The van der Waals surface area contributed by atoms with Gasteiger partial charge < -0.3 is 20.3 Å². The molecule has 2 aliphatic rings. The van der Waals surface area contributed by atoms with Crippen LogP contribution in [-0.2, 0) is 16.1 Å². The highest BCUT2D eigenvalue weighted by Gasteiger charge is 2.21. The van der Waals surface area contributed by atoms with Crippen LogP contribution in [0.2, 0.25) is 0 Å². The zero-order valence-corrected chi connectivity index (χ0v) is 26.4. The molecule has 0 spiro atoms. The van der Waals surface area contributed by atoms with Gasteiger partial charge in [0.2, 0.25) is 0 Å². The number of likely N-dealkylation sites (N-methyl/N-ethyl adjacent to an activating group) is 1. The van der Waals surface area contributed by atoms with Crippen molar-refractivity contribution in [1.82, 2.24) is 20.5 Å². The van der Waals surface area contributed by atoms with E-state index >= 15 is 0 Å². The monoisotopic (exact) mass is 587 g/mol. The Balaban J connectivity index is 0.000000222. The van der Waals surface area contributed by atoms with Crippen molar-refractivity contribution in [2.45, 2.75) is 59.0 Å². The lowest BCUT2D eigenvalue weighted by atomic mass is 10.1. The van der Waals surface area contributed by atoms with Crippen molar-refractivity contribution < 1.29 is 9.59 Å². The second-order valence-electron chi connectivity index (χ2n) is 9.82. The first-order valence-corrected chi connectivity index (χ1v) is 15.2. The van der Waals surface area contributed by atoms with Crippen LogP contribution < -0.4 is 10.6 Å². The van der Waals surface area contributed by atoms with Gasteiger partial charge in [-0.05, 0) is 44.5 Å². The largest absolute Gasteiger partial charge is 0.377 e. The maximum atomic E-state index is 10.6. The fourth-order valence-electron chi connectivity index (χ4n) is 4.09. The minimum Gasteiger partial charge on any atom is -0.377 e. The minimum absolute atomic E-state index is 0.0949. The molecule has 1 unspecified atom stereocenters. The van der Waals surface area contributed by atoms with Crippen molar-refractivity contribution >= 4 is 39.7 Å². The lowest BCUT2D eigenvalue weighted by molar-refractivity contribution is -0.111. The number of nitrogens with zero attached hydrogens (tertiary/aromatic N) is 3. The third-order valence-corrected chi connectivity index (χ3v) is 7.54. The predicted octanol–water partition coefficient (Wildman–Crippen LogP) is 6.68. The second-order valence-corrected chi connectivity index (χ2v) is 11.0. The van der Waals surface area contributed by atoms with Crippen LogP contribution in [0.1, 0.15) is 56.9 Å². The van der Waals surface area contributed by atoms with E-state index in [2.05, 4.69) is 71.4 Å². The van der Waals surface area contributed by atoms with Crippen LogP contribution in [0.25, 0.3) is 10.1 Å². The van der Waals surface area contributed by atoms with Crippen molar-refractivity contribution in [2.24, 2.45) is 4.99 Å². The number of hydrogen-bond donors (Lipinski definition) is 2. The van der Waals surface area contributed by atoms with Crippen LogP contribution in [0.15, 0.2) is 95.7 Å². The van der Waals surface area contributed by atoms with Crippen molar-refractivity contribution in [1.29, 1.82) is 0 Å². The van der Waals surface area contributed by atoms with E-state index in [1.54, 1.807) is 6.08 Å². The predicted molar refractivity (Wildman–Crippen MR) is 178 cm³/mol. The third-order valence-electron chi connectivity index (χ3n) is 6.43. The minimum atomic E-state index is 0.0949. The number of pyridine rings is 1. The highest BCUT2D eigenvalue weighted by molar-refractivity contribution is 7.19. The number of rotatable bonds is 8. The molecule has 1 aromatic carbocycles. The molecule has 5 rings (SSSR count). The number of carbonyl (C=O) groups is 2. The van der Waals surface area contributed by atoms with Crippen molar-refractivity contribution in [3.05, 3.63) is 101 Å². The summed E-state index contributed by atoms with van der Waals surface area (Å²) in [6, 6.07) is 14.5. The molecular formula is C34H45N5O2S. The lowest BCUT2D eigenvalue weighted by Crippen LogP contribution is -2.24. The van der Waals surface area contributed by atoms with E-state index in [1.165, 1.54) is 21.4 Å². The molecule has 1 fully saturated rings. The molecule has 2 aromatic heterocycles. The molecule has 0 aliphatic carbocycles. The van der Waals surface area contributed by atoms with Gasteiger partial charge in [-0.3, -0.25) is 14.8 Å². The van der Waals surface area contributed by atoms with Crippen molar-refractivity contribution in [2.75, 3.05) is 20.6 Å². The molecule has 3 aromatic rings. The summed E-state index contributed by atoms with van der Waals surface area (Å²) >= 11 is 1.82. The van der Waals surface area contributed by atoms with Gasteiger partial charge in [-0.15, -0.1) is 11.3 Å². The Morgan fingerprint density at radius 1 is 1.17 bits per heavy atom. The highest BCUT2D eigenvalue weighted by atomic mass is 32.1. The number of allylic oxidation sites excluding steroid dienone is 4. The van der Waals surface area contributed by atoms with Crippen LogP contribution in [0.5, 0.6) is 0 Å². The molecule has 1 saturated heterocycles. The van der Waals surface area contributed by atoms with E-state index in [0.29, 0.717) is 12.2 Å². The average molecular weight is 588 g/mol. The first-order chi connectivity index (χ1) is 20.4. The summed E-state index contributed by atoms with van der Waals surface area (Å²) in [6.45, 7) is 11.4. The second kappa shape index (κ2) is 19.3. The number of fused-ring (bicyclic) bond motifs is 1. The molecule has 0 bridgehead atoms. The molecule has 0 radical (unpaired) electrons. The van der Waals surface area contributed by atoms with E-state index in [1.807, 2.05) is 67.8 Å². The number of thiophene rings is 1. The van der Waals surface area contributed by atoms with Gasteiger partial charge in [0.15, 0.2) is 6.29 Å². The fraction of sp³-hybridized carbons (Fsp3) is 0.353. The Morgan fingerprint density at radius 3 is 2.45 bits per heavy atom. The molecular weight excluding hydrogens is 542 g/mol. The van der Waals surface area contributed by atoms with Gasteiger partial charge in [0, 0.05) is 53.1 Å². The molecule has 0 amide bonds. The topological polar surface area (TPSA) is 86.7 Å². The molecule has 224 valence electrons. The number of benzene rings is 1. The maximum absolute atomic E-state index is 10.6. The zero-order chi connectivity index (χ0) is 30.7. The molecule has 2 N–H and O–H groups in total. The normalized spacial score (nSPS) is 15.7. The van der Waals surface area contributed by atoms with Gasteiger partial charge in [-0.2, -0.15) is 0 Å². The third kappa shape index (κ3) is 11.2. The standard InChI is InChI=1S/C15H16N2O.C9H10N2S.C7H11NO.C3H8/c1-2-13(11-18)16-10-14-8-9-15(17-14)12-6-4-3-5-7-12;1-10-6-8-4-7-5-11-3-2-9(7)12-8;1-6-3-4-7(5-9)8(6)2;1-3-2/h2-8,11,16H,9-10H2,1H3;2-5,10H,6H2,1H3;5,7H,1,3-4H2,2H3;3H2,1-2H3/b13-2+;;;. The Hall–Kier alpha value is -3.88. The van der Waals surface area contributed by atoms with E-state index in [0.717, 1.165) is 61.0 Å². The Morgan fingerprint density at radius 2 is 1.90 bits per heavy atom. The summed E-state index contributed by atoms with van der Waals surface area (Å²) in [5.74, 6) is 0. The first kappa shape index (κ1) is 34.3. The fourth-order valence-corrected chi connectivity index (χ4v) is 5.13. The molecule has 1 atom stereocenters. The van der Waals surface area contributed by atoms with Crippen LogP contribution >= 0.6 is 11.3 Å². The summed E-state index contributed by atoms with van der Waals surface area (Å²) in [6.07, 6.45) is 13.4. The molecule has 42 heavy (non-hydrogen) atoms. The quantitative estimate of drug-likeness (QED) is 0.226. The van der Waals surface area contributed by atoms with Gasteiger partial charge in [0.25, 0.3) is 0 Å². The van der Waals surface area contributed by atoms with E-state index in [-0.39, 0.29) is 6.04 Å². The maximum Gasteiger partial charge on any atom is 0.165 e. The molecule has 8 heteroatoms. The van der Waals surface area contributed by atoms with Crippen LogP contribution in [0.4, 0.5) is 0 Å². The molecule has 2 aliphatic heterocycles. The Kier molecular flexibility index (Phi) is 15.8. The summed E-state index contributed by atoms with van der Waals surface area (Å²) in [4.78, 5) is 32.9. The molecule has 4 heterocycles. The van der Waals surface area contributed by atoms with E-state index < -0.39 is 0 Å². The number of nitrogens with one attached hydrogen (secondary N) is 2. The summed E-state index contributed by atoms with van der Waals surface area (Å²) in [7, 11) is 3.87. The first-order valence-electron chi connectivity index (χ1n) is 14.4. The van der Waals surface area contributed by atoms with Gasteiger partial charge in [-0.25, -0.2) is 0 Å². The number of aromatic nitrogens is 1. The van der Waals surface area contributed by atoms with Crippen molar-refractivity contribution in [3.8, 4) is 0 Å². The number of aldehydes is 2. The summed E-state index contributed by atoms with van der Waals surface area (Å²) < 4.78 is 1.32. The van der Waals surface area contributed by atoms with Gasteiger partial charge in [0.05, 0.1) is 29.7 Å². The number of aliphatic imine (C=N–C) groups is 1. The van der Waals surface area contributed by atoms with Gasteiger partial charge in [0.1, 0.15) is 6.29 Å². The van der Waals surface area contributed by atoms with Gasteiger partial charge in [-0.1, -0.05) is 69.3 Å². The van der Waals surface area contributed by atoms with Crippen molar-refractivity contribution in [3.63, 3.8) is 0 Å². The molecule has 7 nitrogen and oxygen atoms in total.